The van der Waals surface area contributed by atoms with Crippen molar-refractivity contribution in [3.63, 3.8) is 0 Å². The summed E-state index contributed by atoms with van der Waals surface area (Å²) in [6.07, 6.45) is 1.50. The summed E-state index contributed by atoms with van der Waals surface area (Å²) in [5.41, 5.74) is 1.11. The number of carboxylic acids is 1. The molecule has 0 saturated carbocycles. The van der Waals surface area contributed by atoms with Gasteiger partial charge in [0.15, 0.2) is 0 Å². The van der Waals surface area contributed by atoms with Crippen molar-refractivity contribution in [2.45, 2.75) is 33.1 Å². The number of carbonyl (C=O) groups is 2. The molecule has 0 bridgehead atoms. The van der Waals surface area contributed by atoms with Gasteiger partial charge in [-0.25, -0.2) is 0 Å². The zero-order chi connectivity index (χ0) is 15.8. The van der Waals surface area contributed by atoms with Gasteiger partial charge in [0.2, 0.25) is 5.91 Å². The van der Waals surface area contributed by atoms with Crippen LogP contribution in [0, 0.1) is 11.8 Å². The molecule has 4 nitrogen and oxygen atoms in total. The first-order valence-electron chi connectivity index (χ1n) is 7.16. The molecule has 0 spiro atoms. The fourth-order valence-corrected chi connectivity index (χ4v) is 2.59. The minimum atomic E-state index is -0.836. The van der Waals surface area contributed by atoms with Crippen LogP contribution in [0.4, 0.5) is 0 Å². The molecule has 0 heterocycles. The van der Waals surface area contributed by atoms with Gasteiger partial charge < -0.3 is 10.4 Å². The maximum Gasteiger partial charge on any atom is 0.303 e. The summed E-state index contributed by atoms with van der Waals surface area (Å²) in [6, 6.07) is 7.88. The first-order chi connectivity index (χ1) is 9.93. The highest BCUT2D eigenvalue weighted by Gasteiger charge is 2.19. The Labute approximate surface area is 134 Å². The Bertz CT molecular complexity index is 490. The predicted molar refractivity (Wildman–Crippen MR) is 86.1 cm³/mol. The van der Waals surface area contributed by atoms with Crippen LogP contribution in [0.3, 0.4) is 0 Å². The first-order valence-corrected chi connectivity index (χ1v) is 7.96. The Balaban J connectivity index is 2.54. The maximum atomic E-state index is 12.2. The molecule has 2 atom stereocenters. The number of hydrogen-bond acceptors (Lipinski definition) is 2. The molecule has 1 rings (SSSR count). The second-order valence-corrected chi connectivity index (χ2v) is 6.20. The zero-order valence-electron chi connectivity index (χ0n) is 12.4. The summed E-state index contributed by atoms with van der Waals surface area (Å²) in [5.74, 6) is -1.00. The molecule has 2 N–H and O–H groups in total. The van der Waals surface area contributed by atoms with Gasteiger partial charge in [0.25, 0.3) is 0 Å². The molecule has 21 heavy (non-hydrogen) atoms. The Morgan fingerprint density at radius 1 is 1.33 bits per heavy atom. The zero-order valence-corrected chi connectivity index (χ0v) is 14.0. The van der Waals surface area contributed by atoms with Crippen LogP contribution in [0.2, 0.25) is 0 Å². The van der Waals surface area contributed by atoms with Crippen LogP contribution in [0.1, 0.15) is 32.3 Å². The minimum Gasteiger partial charge on any atom is -0.481 e. The average Bonchev–Trinajstić information content (AvgIpc) is 2.43. The highest BCUT2D eigenvalue weighted by molar-refractivity contribution is 9.10. The quantitative estimate of drug-likeness (QED) is 0.752. The van der Waals surface area contributed by atoms with E-state index in [0.29, 0.717) is 13.0 Å². The summed E-state index contributed by atoms with van der Waals surface area (Å²) in [7, 11) is 0. The minimum absolute atomic E-state index is 0.00880. The van der Waals surface area contributed by atoms with Crippen LogP contribution in [0.25, 0.3) is 0 Å². The smallest absolute Gasteiger partial charge is 0.303 e. The van der Waals surface area contributed by atoms with Gasteiger partial charge >= 0.3 is 5.97 Å². The molecule has 0 aromatic heterocycles. The predicted octanol–water partition coefficient (Wildman–Crippen LogP) is 3.24. The standard InChI is InChI=1S/C16H22BrNO3/c1-3-12(9-13-6-4-5-7-14(13)17)16(21)18-10-11(2)8-15(19)20/h4-7,11-12H,3,8-10H2,1-2H3,(H,18,21)(H,19,20). The third-order valence-corrected chi connectivity index (χ3v) is 4.21. The van der Waals surface area contributed by atoms with Crippen LogP contribution in [0.5, 0.6) is 0 Å². The van der Waals surface area contributed by atoms with Gasteiger partial charge in [-0.1, -0.05) is 48.0 Å². The third-order valence-electron chi connectivity index (χ3n) is 3.44. The van der Waals surface area contributed by atoms with Crippen LogP contribution in [-0.4, -0.2) is 23.5 Å². The molecule has 2 unspecified atom stereocenters. The van der Waals surface area contributed by atoms with E-state index in [9.17, 15) is 9.59 Å². The van der Waals surface area contributed by atoms with E-state index in [1.165, 1.54) is 0 Å². The molecule has 0 fully saturated rings. The molecule has 1 aromatic rings. The molecule has 0 aliphatic rings. The second-order valence-electron chi connectivity index (χ2n) is 5.35. The molecule has 1 aromatic carbocycles. The van der Waals surface area contributed by atoms with Crippen molar-refractivity contribution in [3.8, 4) is 0 Å². The van der Waals surface area contributed by atoms with Gasteiger partial charge in [-0.2, -0.15) is 0 Å². The molecule has 0 aliphatic heterocycles. The lowest BCUT2D eigenvalue weighted by atomic mass is 9.95. The van der Waals surface area contributed by atoms with E-state index in [1.807, 2.05) is 38.1 Å². The monoisotopic (exact) mass is 355 g/mol. The number of benzene rings is 1. The van der Waals surface area contributed by atoms with Gasteiger partial charge in [-0.15, -0.1) is 0 Å². The highest BCUT2D eigenvalue weighted by atomic mass is 79.9. The van der Waals surface area contributed by atoms with Crippen molar-refractivity contribution in [1.82, 2.24) is 5.32 Å². The molecule has 0 radical (unpaired) electrons. The Morgan fingerprint density at radius 2 is 2.00 bits per heavy atom. The van der Waals surface area contributed by atoms with Crippen molar-refractivity contribution in [3.05, 3.63) is 34.3 Å². The number of rotatable bonds is 8. The van der Waals surface area contributed by atoms with E-state index in [2.05, 4.69) is 21.2 Å². The maximum absolute atomic E-state index is 12.2. The average molecular weight is 356 g/mol. The van der Waals surface area contributed by atoms with Crippen LogP contribution in [0.15, 0.2) is 28.7 Å². The molecule has 1 amide bonds. The number of halogens is 1. The van der Waals surface area contributed by atoms with E-state index in [4.69, 9.17) is 5.11 Å². The lowest BCUT2D eigenvalue weighted by molar-refractivity contribution is -0.138. The second kappa shape index (κ2) is 8.82. The van der Waals surface area contributed by atoms with Crippen LogP contribution >= 0.6 is 15.9 Å². The summed E-state index contributed by atoms with van der Waals surface area (Å²) in [4.78, 5) is 22.8. The van der Waals surface area contributed by atoms with Gasteiger partial charge in [-0.3, -0.25) is 9.59 Å². The van der Waals surface area contributed by atoms with Crippen LogP contribution < -0.4 is 5.32 Å². The number of hydrogen-bond donors (Lipinski definition) is 2. The number of nitrogens with one attached hydrogen (secondary N) is 1. The molecule has 5 heteroatoms. The third kappa shape index (κ3) is 6.29. The largest absolute Gasteiger partial charge is 0.481 e. The van der Waals surface area contributed by atoms with E-state index < -0.39 is 5.97 Å². The SMILES string of the molecule is CCC(Cc1ccccc1Br)C(=O)NCC(C)CC(=O)O. The number of carboxylic acid groups (broad SMARTS) is 1. The van der Waals surface area contributed by atoms with Gasteiger partial charge in [-0.05, 0) is 30.4 Å². The molecular formula is C16H22BrNO3. The molecule has 116 valence electrons. The Morgan fingerprint density at radius 3 is 2.57 bits per heavy atom. The summed E-state index contributed by atoms with van der Waals surface area (Å²) in [5, 5.41) is 11.6. The lowest BCUT2D eigenvalue weighted by Gasteiger charge is -2.17. The van der Waals surface area contributed by atoms with E-state index in [1.54, 1.807) is 0 Å². The summed E-state index contributed by atoms with van der Waals surface area (Å²) in [6.45, 7) is 4.21. The van der Waals surface area contributed by atoms with Crippen molar-refractivity contribution in [1.29, 1.82) is 0 Å². The van der Waals surface area contributed by atoms with E-state index in [0.717, 1.165) is 16.5 Å². The fraction of sp³-hybridized carbons (Fsp3) is 0.500. The van der Waals surface area contributed by atoms with Gasteiger partial charge in [0.1, 0.15) is 0 Å². The van der Waals surface area contributed by atoms with Crippen molar-refractivity contribution in [2.24, 2.45) is 11.8 Å². The normalized spacial score (nSPS) is 13.5. The Hall–Kier alpha value is -1.36. The highest BCUT2D eigenvalue weighted by Crippen LogP contribution is 2.21. The Kier molecular flexibility index (Phi) is 7.43. The first kappa shape index (κ1) is 17.7. The van der Waals surface area contributed by atoms with Crippen LogP contribution in [-0.2, 0) is 16.0 Å². The lowest BCUT2D eigenvalue weighted by Crippen LogP contribution is -2.35. The molecule has 0 aliphatic carbocycles. The van der Waals surface area contributed by atoms with Crippen molar-refractivity contribution < 1.29 is 14.7 Å². The van der Waals surface area contributed by atoms with E-state index in [-0.39, 0.29) is 24.2 Å². The number of amides is 1. The summed E-state index contributed by atoms with van der Waals surface area (Å²) < 4.78 is 1.01. The topological polar surface area (TPSA) is 66.4 Å². The van der Waals surface area contributed by atoms with Crippen molar-refractivity contribution in [2.75, 3.05) is 6.54 Å². The van der Waals surface area contributed by atoms with E-state index >= 15 is 0 Å². The number of carbonyl (C=O) groups excluding carboxylic acids is 1. The summed E-state index contributed by atoms with van der Waals surface area (Å²) >= 11 is 3.50. The van der Waals surface area contributed by atoms with Gasteiger partial charge in [0.05, 0.1) is 0 Å². The fourth-order valence-electron chi connectivity index (χ4n) is 2.14. The van der Waals surface area contributed by atoms with Crippen molar-refractivity contribution >= 4 is 27.8 Å². The molecular weight excluding hydrogens is 334 g/mol. The van der Waals surface area contributed by atoms with Gasteiger partial charge in [0, 0.05) is 23.4 Å². The number of aliphatic carboxylic acids is 1. The molecule has 0 saturated heterocycles.